The van der Waals surface area contributed by atoms with Gasteiger partial charge in [0.2, 0.25) is 11.8 Å². The number of hydrazone groups is 1. The lowest BCUT2D eigenvalue weighted by Gasteiger charge is -2.22. The van der Waals surface area contributed by atoms with Gasteiger partial charge < -0.3 is 5.73 Å². The lowest BCUT2D eigenvalue weighted by Crippen LogP contribution is -2.32. The van der Waals surface area contributed by atoms with Crippen molar-refractivity contribution in [2.75, 3.05) is 6.54 Å². The Hall–Kier alpha value is -1.50. The van der Waals surface area contributed by atoms with Crippen LogP contribution in [0.25, 0.3) is 0 Å². The van der Waals surface area contributed by atoms with E-state index in [-0.39, 0.29) is 28.8 Å². The van der Waals surface area contributed by atoms with E-state index in [9.17, 15) is 9.59 Å². The Morgan fingerprint density at radius 2 is 2.15 bits per heavy atom. The number of likely N-dealkylation sites (tertiary alicyclic amines) is 1. The minimum atomic E-state index is -0.250. The average Bonchev–Trinajstić information content (AvgIpc) is 2.66. The van der Waals surface area contributed by atoms with Crippen LogP contribution >= 0.6 is 12.2 Å². The molecule has 1 saturated heterocycles. The molecule has 0 unspecified atom stereocenters. The van der Waals surface area contributed by atoms with Gasteiger partial charge in [-0.05, 0) is 37.9 Å². The molecule has 0 aromatic carbocycles. The van der Waals surface area contributed by atoms with Crippen molar-refractivity contribution < 1.29 is 9.59 Å². The lowest BCUT2D eigenvalue weighted by molar-refractivity contribution is -0.139. The van der Waals surface area contributed by atoms with Crippen molar-refractivity contribution in [2.45, 2.75) is 39.0 Å². The molecule has 2 atom stereocenters. The Bertz CT molecular complexity index is 463. The van der Waals surface area contributed by atoms with Gasteiger partial charge >= 0.3 is 0 Å². The van der Waals surface area contributed by atoms with Gasteiger partial charge in [-0.15, -0.1) is 0 Å². The first kappa shape index (κ1) is 14.9. The summed E-state index contributed by atoms with van der Waals surface area (Å²) in [5.74, 6) is -0.464. The molecule has 6 nitrogen and oxygen atoms in total. The number of nitrogens with one attached hydrogen (secondary N) is 1. The van der Waals surface area contributed by atoms with Crippen LogP contribution in [0.1, 0.15) is 39.0 Å². The van der Waals surface area contributed by atoms with E-state index in [0.29, 0.717) is 25.8 Å². The van der Waals surface area contributed by atoms with E-state index in [1.54, 1.807) is 0 Å². The van der Waals surface area contributed by atoms with E-state index in [2.05, 4.69) is 10.5 Å². The monoisotopic (exact) mass is 296 g/mol. The van der Waals surface area contributed by atoms with Crippen LogP contribution in [0.3, 0.4) is 0 Å². The van der Waals surface area contributed by atoms with Crippen LogP contribution in [0.5, 0.6) is 0 Å². The molecule has 0 aromatic rings. The van der Waals surface area contributed by atoms with Crippen molar-refractivity contribution in [2.24, 2.45) is 22.7 Å². The first-order chi connectivity index (χ1) is 9.54. The Kier molecular flexibility index (Phi) is 4.69. The van der Waals surface area contributed by atoms with Gasteiger partial charge in [0.1, 0.15) is 0 Å². The fraction of sp³-hybridized carbons (Fsp3) is 0.692. The minimum absolute atomic E-state index is 0.00481. The normalized spacial score (nSPS) is 27.9. The van der Waals surface area contributed by atoms with Gasteiger partial charge in [-0.25, -0.2) is 0 Å². The summed E-state index contributed by atoms with van der Waals surface area (Å²) < 4.78 is 0. The number of carbonyl (C=O) groups is 2. The maximum atomic E-state index is 12.3. The van der Waals surface area contributed by atoms with Crippen LogP contribution in [-0.2, 0) is 9.59 Å². The Morgan fingerprint density at radius 3 is 2.80 bits per heavy atom. The predicted molar refractivity (Wildman–Crippen MR) is 79.8 cm³/mol. The molecule has 1 heterocycles. The van der Waals surface area contributed by atoms with Crippen molar-refractivity contribution >= 4 is 34.9 Å². The van der Waals surface area contributed by atoms with Gasteiger partial charge in [0.15, 0.2) is 5.11 Å². The zero-order chi connectivity index (χ0) is 14.7. The number of imide groups is 1. The number of amides is 2. The van der Waals surface area contributed by atoms with E-state index < -0.39 is 0 Å². The molecular weight excluding hydrogens is 276 g/mol. The molecule has 0 aromatic heterocycles. The van der Waals surface area contributed by atoms with E-state index in [1.807, 2.05) is 6.92 Å². The van der Waals surface area contributed by atoms with E-state index in [4.69, 9.17) is 18.0 Å². The molecule has 2 aliphatic rings. The molecule has 2 fully saturated rings. The van der Waals surface area contributed by atoms with Gasteiger partial charge in [0.25, 0.3) is 0 Å². The maximum absolute atomic E-state index is 12.3. The highest BCUT2D eigenvalue weighted by Gasteiger charge is 2.49. The Balaban J connectivity index is 2.05. The summed E-state index contributed by atoms with van der Waals surface area (Å²) in [6.45, 7) is 2.59. The second-order valence-electron chi connectivity index (χ2n) is 5.29. The van der Waals surface area contributed by atoms with Crippen LogP contribution in [0.2, 0.25) is 0 Å². The van der Waals surface area contributed by atoms with E-state index in [0.717, 1.165) is 18.6 Å². The first-order valence-corrected chi connectivity index (χ1v) is 7.41. The summed E-state index contributed by atoms with van der Waals surface area (Å²) in [6.07, 6.45) is 3.73. The maximum Gasteiger partial charge on any atom is 0.233 e. The molecule has 1 aliphatic heterocycles. The quantitative estimate of drug-likeness (QED) is 0.454. The van der Waals surface area contributed by atoms with Crippen molar-refractivity contribution in [3.05, 3.63) is 0 Å². The van der Waals surface area contributed by atoms with Crippen LogP contribution < -0.4 is 11.2 Å². The molecule has 0 spiro atoms. The zero-order valence-corrected chi connectivity index (χ0v) is 12.4. The summed E-state index contributed by atoms with van der Waals surface area (Å²) in [6, 6.07) is 0. The second-order valence-corrected chi connectivity index (χ2v) is 5.73. The fourth-order valence-electron chi connectivity index (χ4n) is 2.86. The van der Waals surface area contributed by atoms with Gasteiger partial charge in [0, 0.05) is 12.3 Å². The lowest BCUT2D eigenvalue weighted by atomic mass is 9.80. The van der Waals surface area contributed by atoms with E-state index in [1.165, 1.54) is 4.90 Å². The van der Waals surface area contributed by atoms with Crippen molar-refractivity contribution in [3.63, 3.8) is 0 Å². The third-order valence-corrected chi connectivity index (χ3v) is 4.00. The average molecular weight is 296 g/mol. The summed E-state index contributed by atoms with van der Waals surface area (Å²) in [5, 5.41) is 4.22. The molecule has 0 radical (unpaired) electrons. The van der Waals surface area contributed by atoms with E-state index >= 15 is 0 Å². The van der Waals surface area contributed by atoms with Gasteiger partial charge in [0.05, 0.1) is 11.8 Å². The van der Waals surface area contributed by atoms with Crippen molar-refractivity contribution in [1.29, 1.82) is 0 Å². The summed E-state index contributed by atoms with van der Waals surface area (Å²) >= 11 is 4.70. The molecule has 3 N–H and O–H groups in total. The highest BCUT2D eigenvalue weighted by Crippen LogP contribution is 2.37. The molecular formula is C13H20N4O2S. The first-order valence-electron chi connectivity index (χ1n) is 7.00. The number of unbranched alkanes of at least 4 members (excludes halogenated alkanes) is 1. The topological polar surface area (TPSA) is 87.8 Å². The second kappa shape index (κ2) is 6.30. The molecule has 2 rings (SSSR count). The molecule has 20 heavy (non-hydrogen) atoms. The SMILES string of the molecule is CCCCN1C(=O)[C@@H]2CC/C(=N\NC(N)=S)C[C@H]2C1=O. The summed E-state index contributed by atoms with van der Waals surface area (Å²) in [7, 11) is 0. The molecule has 1 aliphatic carbocycles. The fourth-order valence-corrected chi connectivity index (χ4v) is 2.90. The zero-order valence-electron chi connectivity index (χ0n) is 11.6. The Morgan fingerprint density at radius 1 is 1.45 bits per heavy atom. The van der Waals surface area contributed by atoms with Crippen LogP contribution in [-0.4, -0.2) is 34.1 Å². The van der Waals surface area contributed by atoms with Crippen molar-refractivity contribution in [1.82, 2.24) is 10.3 Å². The largest absolute Gasteiger partial charge is 0.375 e. The number of fused-ring (bicyclic) bond motifs is 1. The molecule has 110 valence electrons. The summed E-state index contributed by atoms with van der Waals surface area (Å²) in [4.78, 5) is 26.0. The third-order valence-electron chi connectivity index (χ3n) is 3.91. The highest BCUT2D eigenvalue weighted by atomic mass is 32.1. The Labute approximate surface area is 123 Å². The van der Waals surface area contributed by atoms with Crippen LogP contribution in [0.4, 0.5) is 0 Å². The van der Waals surface area contributed by atoms with Gasteiger partial charge in [-0.1, -0.05) is 13.3 Å². The molecule has 1 saturated carbocycles. The number of rotatable bonds is 4. The number of nitrogens with two attached hydrogens (primary N) is 1. The predicted octanol–water partition coefficient (Wildman–Crippen LogP) is 0.761. The molecule has 7 heteroatoms. The highest BCUT2D eigenvalue weighted by molar-refractivity contribution is 7.80. The van der Waals surface area contributed by atoms with Gasteiger partial charge in [-0.2, -0.15) is 5.10 Å². The molecule has 2 amide bonds. The molecule has 0 bridgehead atoms. The number of hydrogen-bond acceptors (Lipinski definition) is 4. The van der Waals surface area contributed by atoms with Crippen LogP contribution in [0.15, 0.2) is 5.10 Å². The standard InChI is InChI=1S/C13H20N4O2S/c1-2-3-6-17-11(18)9-5-4-8(15-16-13(14)20)7-10(9)12(17)19/h9-10H,2-7H2,1H3,(H3,14,16,20)/b15-8+/t9-,10-/m1/s1. The number of carbonyl (C=O) groups excluding carboxylic acids is 2. The number of thiocarbonyl (C=S) groups is 1. The summed E-state index contributed by atoms with van der Waals surface area (Å²) in [5.41, 5.74) is 8.74. The van der Waals surface area contributed by atoms with Gasteiger partial charge in [-0.3, -0.25) is 19.9 Å². The minimum Gasteiger partial charge on any atom is -0.375 e. The van der Waals surface area contributed by atoms with Crippen LogP contribution in [0, 0.1) is 11.8 Å². The smallest absolute Gasteiger partial charge is 0.233 e. The third kappa shape index (κ3) is 2.98. The number of hydrogen-bond donors (Lipinski definition) is 2. The van der Waals surface area contributed by atoms with Crippen molar-refractivity contribution in [3.8, 4) is 0 Å². The number of nitrogens with zero attached hydrogens (tertiary/aromatic N) is 2.